The van der Waals surface area contributed by atoms with Crippen molar-refractivity contribution in [2.75, 3.05) is 39.1 Å². The first kappa shape index (κ1) is 17.6. The molecule has 0 aliphatic rings. The Bertz CT molecular complexity index is 553. The Morgan fingerprint density at radius 2 is 1.86 bits per heavy atom. The van der Waals surface area contributed by atoms with Crippen LogP contribution < -0.4 is 0 Å². The van der Waals surface area contributed by atoms with E-state index in [2.05, 4.69) is 0 Å². The van der Waals surface area contributed by atoms with Crippen LogP contribution in [0.1, 0.15) is 17.3 Å². The van der Waals surface area contributed by atoms with Gasteiger partial charge in [0.1, 0.15) is 0 Å². The van der Waals surface area contributed by atoms with Gasteiger partial charge in [-0.25, -0.2) is 13.2 Å². The lowest BCUT2D eigenvalue weighted by atomic mass is 10.2. The molecule has 0 heterocycles. The molecule has 0 aliphatic carbocycles. The van der Waals surface area contributed by atoms with Crippen LogP contribution >= 0.6 is 0 Å². The van der Waals surface area contributed by atoms with Crippen molar-refractivity contribution in [1.29, 1.82) is 0 Å². The Morgan fingerprint density at radius 1 is 1.24 bits per heavy atom. The molecule has 0 unspecified atom stereocenters. The summed E-state index contributed by atoms with van der Waals surface area (Å²) in [5, 5.41) is 8.79. The van der Waals surface area contributed by atoms with Crippen molar-refractivity contribution in [1.82, 2.24) is 4.90 Å². The van der Waals surface area contributed by atoms with E-state index in [1.165, 1.54) is 24.3 Å². The van der Waals surface area contributed by atoms with E-state index in [4.69, 9.17) is 9.84 Å². The van der Waals surface area contributed by atoms with Crippen LogP contribution in [0.15, 0.2) is 29.2 Å². The summed E-state index contributed by atoms with van der Waals surface area (Å²) in [6, 6.07) is 5.26. The van der Waals surface area contributed by atoms with Gasteiger partial charge in [-0.05, 0) is 38.2 Å². The fourth-order valence-corrected chi connectivity index (χ4v) is 3.01. The minimum Gasteiger partial charge on any atom is -0.478 e. The van der Waals surface area contributed by atoms with Gasteiger partial charge in [-0.1, -0.05) is 0 Å². The minimum atomic E-state index is -3.40. The normalized spacial score (nSPS) is 11.8. The van der Waals surface area contributed by atoms with Gasteiger partial charge in [-0.15, -0.1) is 0 Å². The Labute approximate surface area is 125 Å². The van der Waals surface area contributed by atoms with Crippen LogP contribution in [0.3, 0.4) is 0 Å². The Kier molecular flexibility index (Phi) is 6.80. The Morgan fingerprint density at radius 3 is 2.38 bits per heavy atom. The quantitative estimate of drug-likeness (QED) is 0.688. The molecule has 0 aliphatic heterocycles. The number of likely N-dealkylation sites (N-methyl/N-ethyl adjacent to an activating group) is 1. The van der Waals surface area contributed by atoms with E-state index in [1.54, 1.807) is 0 Å². The first-order valence-corrected chi connectivity index (χ1v) is 8.34. The SMILES string of the molecule is CCOCCN(C)CCS(=O)(=O)c1ccc(C(=O)O)cc1. The van der Waals surface area contributed by atoms with Crippen molar-refractivity contribution >= 4 is 15.8 Å². The summed E-state index contributed by atoms with van der Waals surface area (Å²) >= 11 is 0. The maximum atomic E-state index is 12.1. The lowest BCUT2D eigenvalue weighted by molar-refractivity contribution is 0.0696. The van der Waals surface area contributed by atoms with E-state index in [0.717, 1.165) is 0 Å². The molecule has 0 radical (unpaired) electrons. The number of benzene rings is 1. The molecule has 1 aromatic carbocycles. The van der Waals surface area contributed by atoms with Crippen LogP contribution in [-0.4, -0.2) is 63.5 Å². The third-order valence-corrected chi connectivity index (χ3v) is 4.73. The van der Waals surface area contributed by atoms with E-state index in [0.29, 0.717) is 26.3 Å². The predicted molar refractivity (Wildman–Crippen MR) is 79.4 cm³/mol. The number of carbonyl (C=O) groups is 1. The number of hydrogen-bond acceptors (Lipinski definition) is 5. The van der Waals surface area contributed by atoms with E-state index in [1.807, 2.05) is 18.9 Å². The average molecular weight is 315 g/mol. The van der Waals surface area contributed by atoms with Gasteiger partial charge < -0.3 is 14.7 Å². The third-order valence-electron chi connectivity index (χ3n) is 3.02. The second-order valence-corrected chi connectivity index (χ2v) is 6.76. The molecule has 1 aromatic rings. The molecule has 0 saturated carbocycles. The highest BCUT2D eigenvalue weighted by Gasteiger charge is 2.16. The molecule has 0 amide bonds. The number of rotatable bonds is 9. The van der Waals surface area contributed by atoms with E-state index in [9.17, 15) is 13.2 Å². The van der Waals surface area contributed by atoms with Gasteiger partial charge in [0.05, 0.1) is 22.8 Å². The van der Waals surface area contributed by atoms with Crippen LogP contribution in [-0.2, 0) is 14.6 Å². The second-order valence-electron chi connectivity index (χ2n) is 4.65. The van der Waals surface area contributed by atoms with Crippen LogP contribution in [0.4, 0.5) is 0 Å². The van der Waals surface area contributed by atoms with Crippen LogP contribution in [0.5, 0.6) is 0 Å². The molecule has 1 N–H and O–H groups in total. The summed E-state index contributed by atoms with van der Waals surface area (Å²) in [6.07, 6.45) is 0. The molecule has 7 heteroatoms. The number of carboxylic acid groups (broad SMARTS) is 1. The third kappa shape index (κ3) is 5.82. The van der Waals surface area contributed by atoms with Gasteiger partial charge in [0, 0.05) is 19.7 Å². The van der Waals surface area contributed by atoms with Crippen molar-refractivity contribution in [2.24, 2.45) is 0 Å². The highest BCUT2D eigenvalue weighted by molar-refractivity contribution is 7.91. The summed E-state index contributed by atoms with van der Waals surface area (Å²) in [4.78, 5) is 12.8. The van der Waals surface area contributed by atoms with Crippen LogP contribution in [0, 0.1) is 0 Å². The highest BCUT2D eigenvalue weighted by atomic mass is 32.2. The lowest BCUT2D eigenvalue weighted by Gasteiger charge is -2.16. The summed E-state index contributed by atoms with van der Waals surface area (Å²) in [6.45, 7) is 4.19. The Hall–Kier alpha value is -1.44. The fraction of sp³-hybridized carbons (Fsp3) is 0.500. The molecule has 0 spiro atoms. The summed E-state index contributed by atoms with van der Waals surface area (Å²) < 4.78 is 29.5. The molecular weight excluding hydrogens is 294 g/mol. The highest BCUT2D eigenvalue weighted by Crippen LogP contribution is 2.12. The molecular formula is C14H21NO5S. The van der Waals surface area contributed by atoms with E-state index in [-0.39, 0.29) is 16.2 Å². The van der Waals surface area contributed by atoms with Gasteiger partial charge in [-0.3, -0.25) is 0 Å². The van der Waals surface area contributed by atoms with Gasteiger partial charge >= 0.3 is 5.97 Å². The maximum absolute atomic E-state index is 12.1. The Balaban J connectivity index is 2.58. The van der Waals surface area contributed by atoms with Crippen molar-refractivity contribution in [3.8, 4) is 0 Å². The standard InChI is InChI=1S/C14H21NO5S/c1-3-20-10-8-15(2)9-11-21(18,19)13-6-4-12(5-7-13)14(16)17/h4-7H,3,8-11H2,1-2H3,(H,16,17). The molecule has 0 fully saturated rings. The number of sulfone groups is 1. The monoisotopic (exact) mass is 315 g/mol. The van der Waals surface area contributed by atoms with E-state index < -0.39 is 15.8 Å². The largest absolute Gasteiger partial charge is 0.478 e. The number of aromatic carboxylic acids is 1. The van der Waals surface area contributed by atoms with E-state index >= 15 is 0 Å². The number of ether oxygens (including phenoxy) is 1. The lowest BCUT2D eigenvalue weighted by Crippen LogP contribution is -2.29. The van der Waals surface area contributed by atoms with Crippen LogP contribution in [0.2, 0.25) is 0 Å². The molecule has 0 aromatic heterocycles. The molecule has 0 saturated heterocycles. The zero-order chi connectivity index (χ0) is 15.9. The molecule has 0 bridgehead atoms. The molecule has 21 heavy (non-hydrogen) atoms. The van der Waals surface area contributed by atoms with Crippen molar-refractivity contribution < 1.29 is 23.1 Å². The smallest absolute Gasteiger partial charge is 0.335 e. The summed E-state index contributed by atoms with van der Waals surface area (Å²) in [5.74, 6) is -1.09. The fourth-order valence-electron chi connectivity index (χ4n) is 1.68. The number of nitrogens with zero attached hydrogens (tertiary/aromatic N) is 1. The number of hydrogen-bond donors (Lipinski definition) is 1. The van der Waals surface area contributed by atoms with Gasteiger partial charge in [-0.2, -0.15) is 0 Å². The topological polar surface area (TPSA) is 83.9 Å². The molecule has 6 nitrogen and oxygen atoms in total. The second kappa shape index (κ2) is 8.11. The van der Waals surface area contributed by atoms with Gasteiger partial charge in [0.15, 0.2) is 9.84 Å². The first-order valence-electron chi connectivity index (χ1n) is 6.69. The molecule has 0 atom stereocenters. The summed E-state index contributed by atoms with van der Waals surface area (Å²) in [5.41, 5.74) is 0.0720. The summed E-state index contributed by atoms with van der Waals surface area (Å²) in [7, 11) is -1.57. The predicted octanol–water partition coefficient (Wildman–Crippen LogP) is 1.13. The average Bonchev–Trinajstić information content (AvgIpc) is 2.45. The first-order chi connectivity index (χ1) is 9.86. The van der Waals surface area contributed by atoms with Crippen LogP contribution in [0.25, 0.3) is 0 Å². The van der Waals surface area contributed by atoms with Crippen molar-refractivity contribution in [3.63, 3.8) is 0 Å². The zero-order valence-corrected chi connectivity index (χ0v) is 13.1. The zero-order valence-electron chi connectivity index (χ0n) is 12.3. The minimum absolute atomic E-state index is 0.0119. The van der Waals surface area contributed by atoms with Gasteiger partial charge in [0.2, 0.25) is 0 Å². The van der Waals surface area contributed by atoms with Crippen molar-refractivity contribution in [3.05, 3.63) is 29.8 Å². The van der Waals surface area contributed by atoms with Gasteiger partial charge in [0.25, 0.3) is 0 Å². The molecule has 118 valence electrons. The van der Waals surface area contributed by atoms with Crippen molar-refractivity contribution in [2.45, 2.75) is 11.8 Å². The number of carboxylic acids is 1. The molecule has 1 rings (SSSR count). The maximum Gasteiger partial charge on any atom is 0.335 e.